The summed E-state index contributed by atoms with van der Waals surface area (Å²) in [5.41, 5.74) is 0.767. The first-order chi connectivity index (χ1) is 13.8. The summed E-state index contributed by atoms with van der Waals surface area (Å²) in [4.78, 5) is 27.2. The van der Waals surface area contributed by atoms with Crippen LogP contribution in [0.25, 0.3) is 0 Å². The van der Waals surface area contributed by atoms with Crippen LogP contribution in [0.4, 0.5) is 13.2 Å². The number of ether oxygens (including phenoxy) is 1. The fourth-order valence-electron chi connectivity index (χ4n) is 3.10. The normalized spacial score (nSPS) is 15.2. The van der Waals surface area contributed by atoms with E-state index >= 15 is 0 Å². The van der Waals surface area contributed by atoms with Crippen LogP contribution < -0.4 is 10.1 Å². The number of nitrogens with zero attached hydrogens (tertiary/aromatic N) is 1. The minimum atomic E-state index is -4.38. The van der Waals surface area contributed by atoms with Crippen LogP contribution in [-0.4, -0.2) is 42.6 Å². The average molecular weight is 426 g/mol. The van der Waals surface area contributed by atoms with Crippen LogP contribution in [0.3, 0.4) is 0 Å². The number of hydrogen-bond donors (Lipinski definition) is 1. The van der Waals surface area contributed by atoms with Crippen LogP contribution >= 0.6 is 11.3 Å². The van der Waals surface area contributed by atoms with Gasteiger partial charge in [-0.25, -0.2) is 0 Å². The Morgan fingerprint density at radius 3 is 2.41 bits per heavy atom. The van der Waals surface area contributed by atoms with Gasteiger partial charge in [0.25, 0.3) is 5.91 Å². The molecule has 156 valence electrons. The Hall–Kier alpha value is -2.55. The molecule has 3 rings (SSSR count). The summed E-state index contributed by atoms with van der Waals surface area (Å²) in [6, 6.07) is 9.77. The molecule has 0 atom stereocenters. The van der Waals surface area contributed by atoms with Crippen molar-refractivity contribution in [3.63, 3.8) is 0 Å². The molecule has 0 saturated carbocycles. The molecule has 9 heteroatoms. The molecule has 1 aromatic carbocycles. The minimum absolute atomic E-state index is 0.00619. The maximum absolute atomic E-state index is 12.4. The van der Waals surface area contributed by atoms with E-state index in [1.165, 1.54) is 23.5 Å². The molecule has 0 radical (unpaired) electrons. The monoisotopic (exact) mass is 426 g/mol. The number of benzene rings is 1. The second-order valence-electron chi connectivity index (χ2n) is 6.81. The van der Waals surface area contributed by atoms with Crippen molar-refractivity contribution >= 4 is 23.2 Å². The Balaban J connectivity index is 1.41. The molecule has 1 saturated heterocycles. The number of rotatable bonds is 6. The molecule has 1 aromatic heterocycles. The summed E-state index contributed by atoms with van der Waals surface area (Å²) in [5, 5.41) is 4.72. The van der Waals surface area contributed by atoms with E-state index in [0.29, 0.717) is 30.8 Å². The molecule has 0 aliphatic carbocycles. The second kappa shape index (κ2) is 9.30. The van der Waals surface area contributed by atoms with Crippen LogP contribution in [0.2, 0.25) is 0 Å². The van der Waals surface area contributed by atoms with Gasteiger partial charge in [-0.1, -0.05) is 18.2 Å². The highest BCUT2D eigenvalue weighted by Gasteiger charge is 2.29. The Kier molecular flexibility index (Phi) is 6.79. The number of hydrogen-bond acceptors (Lipinski definition) is 4. The molecule has 2 amide bonds. The summed E-state index contributed by atoms with van der Waals surface area (Å²) in [5.74, 6) is -0.103. The Morgan fingerprint density at radius 1 is 1.14 bits per heavy atom. The number of alkyl halides is 3. The van der Waals surface area contributed by atoms with E-state index in [4.69, 9.17) is 0 Å². The molecular weight excluding hydrogens is 405 g/mol. The predicted octanol–water partition coefficient (Wildman–Crippen LogP) is 3.86. The van der Waals surface area contributed by atoms with Crippen molar-refractivity contribution in [1.29, 1.82) is 0 Å². The standard InChI is InChI=1S/C20H21F3N2O3S/c21-20(22,23)13-28-16-5-3-14(4-6-16)12-24-18(26)15-7-9-25(10-8-15)19(27)17-2-1-11-29-17/h1-6,11,15H,7-10,12-13H2,(H,24,26). The number of halogens is 3. The molecule has 0 unspecified atom stereocenters. The molecule has 1 N–H and O–H groups in total. The number of carbonyl (C=O) groups excluding carboxylic acids is 2. The van der Waals surface area contributed by atoms with Crippen LogP contribution in [0, 0.1) is 5.92 Å². The largest absolute Gasteiger partial charge is 0.484 e. The van der Waals surface area contributed by atoms with Crippen LogP contribution in [0.1, 0.15) is 28.1 Å². The summed E-state index contributed by atoms with van der Waals surface area (Å²) in [6.45, 7) is 0.0314. The van der Waals surface area contributed by atoms with Crippen LogP contribution in [-0.2, 0) is 11.3 Å². The summed E-state index contributed by atoms with van der Waals surface area (Å²) < 4.78 is 41.1. The third kappa shape index (κ3) is 6.22. The molecular formula is C20H21F3N2O3S. The third-order valence-corrected chi connectivity index (χ3v) is 5.54. The highest BCUT2D eigenvalue weighted by Crippen LogP contribution is 2.22. The highest BCUT2D eigenvalue weighted by molar-refractivity contribution is 7.12. The first-order valence-corrected chi connectivity index (χ1v) is 10.1. The van der Waals surface area contributed by atoms with Crippen LogP contribution in [0.5, 0.6) is 5.75 Å². The van der Waals surface area contributed by atoms with Crippen molar-refractivity contribution in [2.24, 2.45) is 5.92 Å². The topological polar surface area (TPSA) is 58.6 Å². The van der Waals surface area contributed by atoms with Crippen molar-refractivity contribution in [3.05, 3.63) is 52.2 Å². The predicted molar refractivity (Wildman–Crippen MR) is 103 cm³/mol. The van der Waals surface area contributed by atoms with Gasteiger partial charge in [0, 0.05) is 25.6 Å². The Labute approximate surface area is 170 Å². The van der Waals surface area contributed by atoms with E-state index in [1.807, 2.05) is 11.4 Å². The van der Waals surface area contributed by atoms with Gasteiger partial charge in [0.1, 0.15) is 5.75 Å². The number of amides is 2. The SMILES string of the molecule is O=C(NCc1ccc(OCC(F)(F)F)cc1)C1CCN(C(=O)c2cccs2)CC1. The number of thiophene rings is 1. The summed E-state index contributed by atoms with van der Waals surface area (Å²) in [6.07, 6.45) is -3.17. The lowest BCUT2D eigenvalue weighted by Gasteiger charge is -2.31. The first kappa shape index (κ1) is 21.2. The van der Waals surface area contributed by atoms with Gasteiger partial charge in [-0.15, -0.1) is 11.3 Å². The lowest BCUT2D eigenvalue weighted by molar-refractivity contribution is -0.153. The van der Waals surface area contributed by atoms with E-state index in [9.17, 15) is 22.8 Å². The average Bonchev–Trinajstić information content (AvgIpc) is 3.25. The number of piperidine rings is 1. The van der Waals surface area contributed by atoms with Crippen molar-refractivity contribution in [1.82, 2.24) is 10.2 Å². The zero-order chi connectivity index (χ0) is 20.9. The van der Waals surface area contributed by atoms with Crippen molar-refractivity contribution in [2.75, 3.05) is 19.7 Å². The first-order valence-electron chi connectivity index (χ1n) is 9.21. The quantitative estimate of drug-likeness (QED) is 0.763. The molecule has 2 heterocycles. The van der Waals surface area contributed by atoms with Gasteiger partial charge in [0.15, 0.2) is 6.61 Å². The third-order valence-electron chi connectivity index (χ3n) is 4.68. The van der Waals surface area contributed by atoms with Gasteiger partial charge >= 0.3 is 6.18 Å². The van der Waals surface area contributed by atoms with Crippen molar-refractivity contribution in [3.8, 4) is 5.75 Å². The number of likely N-dealkylation sites (tertiary alicyclic amines) is 1. The number of nitrogens with one attached hydrogen (secondary N) is 1. The smallest absolute Gasteiger partial charge is 0.422 e. The molecule has 1 aliphatic heterocycles. The molecule has 0 spiro atoms. The Morgan fingerprint density at radius 2 is 1.83 bits per heavy atom. The van der Waals surface area contributed by atoms with E-state index < -0.39 is 12.8 Å². The van der Waals surface area contributed by atoms with Crippen molar-refractivity contribution in [2.45, 2.75) is 25.6 Å². The maximum atomic E-state index is 12.4. The van der Waals surface area contributed by atoms with E-state index in [-0.39, 0.29) is 30.0 Å². The fourth-order valence-corrected chi connectivity index (χ4v) is 3.79. The summed E-state index contributed by atoms with van der Waals surface area (Å²) in [7, 11) is 0. The van der Waals surface area contributed by atoms with Gasteiger partial charge in [0.2, 0.25) is 5.91 Å². The molecule has 2 aromatic rings. The molecule has 1 fully saturated rings. The lowest BCUT2D eigenvalue weighted by atomic mass is 9.95. The van der Waals surface area contributed by atoms with Gasteiger partial charge in [0.05, 0.1) is 4.88 Å². The molecule has 0 bridgehead atoms. The lowest BCUT2D eigenvalue weighted by Crippen LogP contribution is -2.42. The Bertz CT molecular complexity index is 814. The second-order valence-corrected chi connectivity index (χ2v) is 7.76. The molecule has 29 heavy (non-hydrogen) atoms. The molecule has 1 aliphatic rings. The van der Waals surface area contributed by atoms with Gasteiger partial charge in [-0.3, -0.25) is 9.59 Å². The maximum Gasteiger partial charge on any atom is 0.422 e. The fraction of sp³-hybridized carbons (Fsp3) is 0.400. The van der Waals surface area contributed by atoms with Gasteiger partial charge in [-0.05, 0) is 42.0 Å². The zero-order valence-corrected chi connectivity index (χ0v) is 16.4. The van der Waals surface area contributed by atoms with E-state index in [1.54, 1.807) is 23.1 Å². The van der Waals surface area contributed by atoms with E-state index in [0.717, 1.165) is 5.56 Å². The van der Waals surface area contributed by atoms with Crippen molar-refractivity contribution < 1.29 is 27.5 Å². The van der Waals surface area contributed by atoms with E-state index in [2.05, 4.69) is 10.1 Å². The summed E-state index contributed by atoms with van der Waals surface area (Å²) >= 11 is 1.41. The van der Waals surface area contributed by atoms with Gasteiger partial charge < -0.3 is 15.0 Å². The van der Waals surface area contributed by atoms with Gasteiger partial charge in [-0.2, -0.15) is 13.2 Å². The number of carbonyl (C=O) groups is 2. The highest BCUT2D eigenvalue weighted by atomic mass is 32.1. The molecule has 5 nitrogen and oxygen atoms in total. The minimum Gasteiger partial charge on any atom is -0.484 e. The van der Waals surface area contributed by atoms with Crippen LogP contribution in [0.15, 0.2) is 41.8 Å². The zero-order valence-electron chi connectivity index (χ0n) is 15.6.